The Labute approximate surface area is 133 Å². The van der Waals surface area contributed by atoms with Gasteiger partial charge in [0.15, 0.2) is 11.5 Å². The largest absolute Gasteiger partial charge is 0.486 e. The van der Waals surface area contributed by atoms with E-state index >= 15 is 0 Å². The Morgan fingerprint density at radius 3 is 2.67 bits per heavy atom. The lowest BCUT2D eigenvalue weighted by atomic mass is 10.1. The molecule has 0 fully saturated rings. The molecule has 0 aliphatic carbocycles. The molecule has 0 saturated carbocycles. The first-order valence-corrected chi connectivity index (χ1v) is 8.04. The number of nitrogens with two attached hydrogens (primary N) is 1. The van der Waals surface area contributed by atoms with Gasteiger partial charge in [-0.25, -0.2) is 0 Å². The molecule has 0 bridgehead atoms. The van der Waals surface area contributed by atoms with Crippen molar-refractivity contribution in [1.29, 1.82) is 0 Å². The minimum atomic E-state index is 0.159. The van der Waals surface area contributed by atoms with Gasteiger partial charge in [0.1, 0.15) is 13.2 Å². The molecule has 2 aromatic carbocycles. The molecule has 1 heterocycles. The standard InChI is InChI=1S/C16H16ClNO2S/c17-12-3-1-2-11(8-12)16(10-18)21-13-4-5-14-15(9-13)20-7-6-19-14/h1-5,8-9,16H,6-7,10,18H2. The SMILES string of the molecule is NCC(Sc1ccc2c(c1)OCCO2)c1cccc(Cl)c1. The molecule has 1 aliphatic heterocycles. The Morgan fingerprint density at radius 1 is 1.10 bits per heavy atom. The molecule has 110 valence electrons. The summed E-state index contributed by atoms with van der Waals surface area (Å²) in [7, 11) is 0. The van der Waals surface area contributed by atoms with Crippen LogP contribution in [0.15, 0.2) is 47.4 Å². The minimum absolute atomic E-state index is 0.159. The summed E-state index contributed by atoms with van der Waals surface area (Å²) in [6.45, 7) is 1.74. The molecule has 1 aliphatic rings. The first-order chi connectivity index (χ1) is 10.3. The zero-order valence-electron chi connectivity index (χ0n) is 11.4. The third-order valence-corrected chi connectivity index (χ3v) is 4.74. The minimum Gasteiger partial charge on any atom is -0.486 e. The molecule has 1 atom stereocenters. The van der Waals surface area contributed by atoms with Gasteiger partial charge >= 0.3 is 0 Å². The number of hydrogen-bond acceptors (Lipinski definition) is 4. The molecule has 3 rings (SSSR count). The molecule has 2 N–H and O–H groups in total. The van der Waals surface area contributed by atoms with Gasteiger partial charge in [-0.2, -0.15) is 0 Å². The highest BCUT2D eigenvalue weighted by atomic mass is 35.5. The highest BCUT2D eigenvalue weighted by molar-refractivity contribution is 7.99. The molecule has 3 nitrogen and oxygen atoms in total. The van der Waals surface area contributed by atoms with Crippen molar-refractivity contribution in [2.75, 3.05) is 19.8 Å². The van der Waals surface area contributed by atoms with Crippen LogP contribution in [0.1, 0.15) is 10.8 Å². The van der Waals surface area contributed by atoms with E-state index in [1.807, 2.05) is 36.4 Å². The molecule has 21 heavy (non-hydrogen) atoms. The Kier molecular flexibility index (Phi) is 4.58. The van der Waals surface area contributed by atoms with E-state index in [1.54, 1.807) is 11.8 Å². The van der Waals surface area contributed by atoms with Crippen LogP contribution in [-0.4, -0.2) is 19.8 Å². The molecule has 1 unspecified atom stereocenters. The lowest BCUT2D eigenvalue weighted by molar-refractivity contribution is 0.171. The van der Waals surface area contributed by atoms with Crippen molar-refractivity contribution < 1.29 is 9.47 Å². The summed E-state index contributed by atoms with van der Waals surface area (Å²) in [5.74, 6) is 1.60. The van der Waals surface area contributed by atoms with E-state index in [1.165, 1.54) is 0 Å². The maximum atomic E-state index is 6.06. The van der Waals surface area contributed by atoms with Crippen LogP contribution in [0.25, 0.3) is 0 Å². The van der Waals surface area contributed by atoms with Crippen molar-refractivity contribution in [2.24, 2.45) is 5.73 Å². The summed E-state index contributed by atoms with van der Waals surface area (Å²) in [5, 5.41) is 0.889. The Balaban J connectivity index is 1.81. The number of benzene rings is 2. The second-order valence-corrected chi connectivity index (χ2v) is 6.42. The van der Waals surface area contributed by atoms with E-state index in [4.69, 9.17) is 26.8 Å². The van der Waals surface area contributed by atoms with Crippen LogP contribution in [0.4, 0.5) is 0 Å². The molecular weight excluding hydrogens is 306 g/mol. The lowest BCUT2D eigenvalue weighted by Gasteiger charge is -2.20. The Hall–Kier alpha value is -1.36. The van der Waals surface area contributed by atoms with Crippen molar-refractivity contribution in [3.8, 4) is 11.5 Å². The number of halogens is 1. The third-order valence-electron chi connectivity index (χ3n) is 3.23. The van der Waals surface area contributed by atoms with Crippen LogP contribution in [0.2, 0.25) is 5.02 Å². The fourth-order valence-electron chi connectivity index (χ4n) is 2.22. The number of rotatable bonds is 4. The number of hydrogen-bond donors (Lipinski definition) is 1. The second-order valence-electron chi connectivity index (χ2n) is 4.70. The third kappa shape index (κ3) is 3.46. The maximum Gasteiger partial charge on any atom is 0.162 e. The zero-order chi connectivity index (χ0) is 14.7. The fourth-order valence-corrected chi connectivity index (χ4v) is 3.45. The van der Waals surface area contributed by atoms with Crippen molar-refractivity contribution >= 4 is 23.4 Å². The van der Waals surface area contributed by atoms with E-state index in [-0.39, 0.29) is 5.25 Å². The van der Waals surface area contributed by atoms with Crippen LogP contribution < -0.4 is 15.2 Å². The summed E-state index contributed by atoms with van der Waals surface area (Å²) in [5.41, 5.74) is 7.05. The van der Waals surface area contributed by atoms with Gasteiger partial charge in [-0.1, -0.05) is 23.7 Å². The fraction of sp³-hybridized carbons (Fsp3) is 0.250. The number of fused-ring (bicyclic) bond motifs is 1. The Morgan fingerprint density at radius 2 is 1.90 bits per heavy atom. The summed E-state index contributed by atoms with van der Waals surface area (Å²) < 4.78 is 11.1. The quantitative estimate of drug-likeness (QED) is 0.867. The van der Waals surface area contributed by atoms with Crippen molar-refractivity contribution in [3.63, 3.8) is 0 Å². The number of thioether (sulfide) groups is 1. The second kappa shape index (κ2) is 6.60. The highest BCUT2D eigenvalue weighted by Crippen LogP contribution is 2.40. The summed E-state index contributed by atoms with van der Waals surface area (Å²) >= 11 is 7.76. The van der Waals surface area contributed by atoms with E-state index in [9.17, 15) is 0 Å². The maximum absolute atomic E-state index is 6.06. The van der Waals surface area contributed by atoms with Gasteiger partial charge in [0.2, 0.25) is 0 Å². The lowest BCUT2D eigenvalue weighted by Crippen LogP contribution is -2.15. The van der Waals surface area contributed by atoms with Gasteiger partial charge in [-0.3, -0.25) is 0 Å². The highest BCUT2D eigenvalue weighted by Gasteiger charge is 2.16. The van der Waals surface area contributed by atoms with Gasteiger partial charge in [-0.15, -0.1) is 11.8 Å². The smallest absolute Gasteiger partial charge is 0.162 e. The van der Waals surface area contributed by atoms with E-state index in [2.05, 4.69) is 6.07 Å². The Bertz CT molecular complexity index is 635. The van der Waals surface area contributed by atoms with E-state index in [0.29, 0.717) is 19.8 Å². The van der Waals surface area contributed by atoms with Crippen LogP contribution in [0.3, 0.4) is 0 Å². The summed E-state index contributed by atoms with van der Waals surface area (Å²) in [4.78, 5) is 1.11. The van der Waals surface area contributed by atoms with Gasteiger partial charge in [0.05, 0.1) is 0 Å². The topological polar surface area (TPSA) is 44.5 Å². The van der Waals surface area contributed by atoms with Gasteiger partial charge in [0, 0.05) is 21.7 Å². The normalized spacial score (nSPS) is 14.8. The van der Waals surface area contributed by atoms with Gasteiger partial charge in [-0.05, 0) is 35.9 Å². The van der Waals surface area contributed by atoms with Crippen LogP contribution in [-0.2, 0) is 0 Å². The molecule has 2 aromatic rings. The molecule has 5 heteroatoms. The first-order valence-electron chi connectivity index (χ1n) is 6.78. The average Bonchev–Trinajstić information content (AvgIpc) is 2.52. The summed E-state index contributed by atoms with van der Waals surface area (Å²) in [6.07, 6.45) is 0. The van der Waals surface area contributed by atoms with E-state index < -0.39 is 0 Å². The van der Waals surface area contributed by atoms with Crippen LogP contribution in [0.5, 0.6) is 11.5 Å². The average molecular weight is 322 g/mol. The van der Waals surface area contributed by atoms with Gasteiger partial charge in [0.25, 0.3) is 0 Å². The van der Waals surface area contributed by atoms with Crippen LogP contribution in [0, 0.1) is 0 Å². The molecule has 0 amide bonds. The van der Waals surface area contributed by atoms with E-state index in [0.717, 1.165) is 27.0 Å². The van der Waals surface area contributed by atoms with Crippen molar-refractivity contribution in [1.82, 2.24) is 0 Å². The van der Waals surface area contributed by atoms with Gasteiger partial charge < -0.3 is 15.2 Å². The first kappa shape index (κ1) is 14.6. The zero-order valence-corrected chi connectivity index (χ0v) is 13.0. The van der Waals surface area contributed by atoms with Crippen molar-refractivity contribution in [2.45, 2.75) is 10.1 Å². The predicted molar refractivity (Wildman–Crippen MR) is 86.5 cm³/mol. The molecular formula is C16H16ClNO2S. The summed E-state index contributed by atoms with van der Waals surface area (Å²) in [6, 6.07) is 13.8. The van der Waals surface area contributed by atoms with Crippen LogP contribution >= 0.6 is 23.4 Å². The van der Waals surface area contributed by atoms with Crippen molar-refractivity contribution in [3.05, 3.63) is 53.1 Å². The molecule has 0 radical (unpaired) electrons. The molecule has 0 saturated heterocycles. The predicted octanol–water partition coefficient (Wildman–Crippen LogP) is 3.90. The molecule has 0 aromatic heterocycles. The monoisotopic (exact) mass is 321 g/mol. The molecule has 0 spiro atoms. The number of ether oxygens (including phenoxy) is 2.